The van der Waals surface area contributed by atoms with Crippen molar-refractivity contribution in [1.82, 2.24) is 15.1 Å². The maximum atomic E-state index is 13.0. The molecule has 0 saturated carbocycles. The lowest BCUT2D eigenvalue weighted by molar-refractivity contribution is 0.0976. The Morgan fingerprint density at radius 3 is 2.39 bits per heavy atom. The molecule has 0 spiro atoms. The fraction of sp³-hybridized carbons (Fsp3) is 0.320. The predicted molar refractivity (Wildman–Crippen MR) is 127 cm³/mol. The van der Waals surface area contributed by atoms with Crippen LogP contribution in [0.3, 0.4) is 0 Å². The molecule has 6 heteroatoms. The predicted octanol–water partition coefficient (Wildman–Crippen LogP) is 4.84. The second-order valence-electron chi connectivity index (χ2n) is 7.77. The second kappa shape index (κ2) is 9.60. The first-order valence-electron chi connectivity index (χ1n) is 10.6. The normalized spacial score (nSPS) is 11.5. The molecule has 0 unspecified atom stereocenters. The lowest BCUT2D eigenvalue weighted by Crippen LogP contribution is -2.36. The van der Waals surface area contributed by atoms with Crippen LogP contribution >= 0.6 is 0 Å². The first-order chi connectivity index (χ1) is 14.8. The van der Waals surface area contributed by atoms with Gasteiger partial charge in [0.2, 0.25) is 5.96 Å². The number of benzene rings is 2. The molecule has 0 aliphatic heterocycles. The summed E-state index contributed by atoms with van der Waals surface area (Å²) in [6.07, 6.45) is 0. The third-order valence-corrected chi connectivity index (χ3v) is 5.71. The second-order valence-corrected chi connectivity index (χ2v) is 7.77. The molecule has 162 valence electrons. The summed E-state index contributed by atoms with van der Waals surface area (Å²) in [4.78, 5) is 17.7. The highest BCUT2D eigenvalue weighted by molar-refractivity contribution is 6.10. The fourth-order valence-electron chi connectivity index (χ4n) is 3.56. The highest BCUT2D eigenvalue weighted by Gasteiger charge is 2.14. The number of aliphatic imine (C=N–C) groups is 1. The van der Waals surface area contributed by atoms with Crippen LogP contribution in [0.15, 0.2) is 47.5 Å². The van der Waals surface area contributed by atoms with Gasteiger partial charge in [-0.1, -0.05) is 30.3 Å². The fourth-order valence-corrected chi connectivity index (χ4v) is 3.56. The first-order valence-corrected chi connectivity index (χ1v) is 10.6. The lowest BCUT2D eigenvalue weighted by Gasteiger charge is -2.15. The molecule has 0 radical (unpaired) electrons. The van der Waals surface area contributed by atoms with E-state index >= 15 is 0 Å². The van der Waals surface area contributed by atoms with E-state index in [1.807, 2.05) is 54.9 Å². The lowest BCUT2D eigenvalue weighted by atomic mass is 10.1. The molecule has 0 fully saturated rings. The van der Waals surface area contributed by atoms with Crippen molar-refractivity contribution < 1.29 is 4.79 Å². The zero-order chi connectivity index (χ0) is 22.5. The van der Waals surface area contributed by atoms with Crippen molar-refractivity contribution >= 4 is 17.6 Å². The molecular formula is C25H31N5O. The van der Waals surface area contributed by atoms with E-state index in [-0.39, 0.29) is 5.91 Å². The van der Waals surface area contributed by atoms with E-state index in [0.717, 1.165) is 40.3 Å². The monoisotopic (exact) mass is 417 g/mol. The van der Waals surface area contributed by atoms with Gasteiger partial charge >= 0.3 is 0 Å². The van der Waals surface area contributed by atoms with E-state index in [4.69, 9.17) is 4.99 Å². The Balaban J connectivity index is 1.93. The SMILES string of the molecule is CCn1nc(C)c(CN=C(NC(=O)c2ccccc2C)Nc2cccc(C)c2C)c1C. The summed E-state index contributed by atoms with van der Waals surface area (Å²) < 4.78 is 1.98. The van der Waals surface area contributed by atoms with Crippen LogP contribution in [-0.4, -0.2) is 21.6 Å². The van der Waals surface area contributed by atoms with Gasteiger partial charge in [-0.2, -0.15) is 5.10 Å². The van der Waals surface area contributed by atoms with E-state index in [0.29, 0.717) is 18.1 Å². The van der Waals surface area contributed by atoms with Crippen molar-refractivity contribution in [2.24, 2.45) is 4.99 Å². The number of carbonyl (C=O) groups is 1. The standard InChI is InChI=1S/C25H31N5O/c1-7-30-20(6)22(19(5)29-30)15-26-25(27-23-14-10-12-16(2)18(23)4)28-24(31)21-13-9-8-11-17(21)3/h8-14H,7,15H2,1-6H3,(H2,26,27,28,31). The maximum absolute atomic E-state index is 13.0. The molecule has 1 aromatic heterocycles. The molecule has 1 heterocycles. The van der Waals surface area contributed by atoms with Gasteiger partial charge in [0.1, 0.15) is 0 Å². The van der Waals surface area contributed by atoms with Crippen LogP contribution in [0.5, 0.6) is 0 Å². The summed E-state index contributed by atoms with van der Waals surface area (Å²) in [7, 11) is 0. The van der Waals surface area contributed by atoms with Crippen molar-refractivity contribution in [3.05, 3.63) is 81.7 Å². The smallest absolute Gasteiger partial charge is 0.258 e. The molecule has 3 aromatic rings. The van der Waals surface area contributed by atoms with Gasteiger partial charge < -0.3 is 5.32 Å². The molecule has 0 atom stereocenters. The van der Waals surface area contributed by atoms with Crippen molar-refractivity contribution in [2.45, 2.75) is 54.6 Å². The van der Waals surface area contributed by atoms with Crippen molar-refractivity contribution in [1.29, 1.82) is 0 Å². The minimum Gasteiger partial charge on any atom is -0.326 e. The molecule has 31 heavy (non-hydrogen) atoms. The van der Waals surface area contributed by atoms with E-state index in [1.54, 1.807) is 0 Å². The molecule has 1 amide bonds. The van der Waals surface area contributed by atoms with E-state index in [1.165, 1.54) is 5.56 Å². The van der Waals surface area contributed by atoms with Gasteiger partial charge in [-0.3, -0.25) is 14.8 Å². The average Bonchev–Trinajstić information content (AvgIpc) is 3.02. The Labute approximate surface area is 184 Å². The van der Waals surface area contributed by atoms with Crippen molar-refractivity contribution in [3.63, 3.8) is 0 Å². The largest absolute Gasteiger partial charge is 0.326 e. The number of aryl methyl sites for hydroxylation is 4. The van der Waals surface area contributed by atoms with Gasteiger partial charge in [0.25, 0.3) is 5.91 Å². The van der Waals surface area contributed by atoms with Crippen LogP contribution in [-0.2, 0) is 13.1 Å². The first kappa shape index (κ1) is 22.3. The van der Waals surface area contributed by atoms with Gasteiger partial charge in [0.15, 0.2) is 0 Å². The minimum absolute atomic E-state index is 0.188. The number of nitrogens with one attached hydrogen (secondary N) is 2. The summed E-state index contributed by atoms with van der Waals surface area (Å²) >= 11 is 0. The highest BCUT2D eigenvalue weighted by atomic mass is 16.1. The third kappa shape index (κ3) is 5.02. The molecule has 2 N–H and O–H groups in total. The summed E-state index contributed by atoms with van der Waals surface area (Å²) in [5.74, 6) is 0.234. The van der Waals surface area contributed by atoms with Crippen LogP contribution in [0.25, 0.3) is 0 Å². The number of hydrogen-bond acceptors (Lipinski definition) is 3. The van der Waals surface area contributed by atoms with Crippen LogP contribution < -0.4 is 10.6 Å². The number of amides is 1. The Hall–Kier alpha value is -3.41. The maximum Gasteiger partial charge on any atom is 0.258 e. The van der Waals surface area contributed by atoms with Gasteiger partial charge in [-0.05, 0) is 70.4 Å². The summed E-state index contributed by atoms with van der Waals surface area (Å²) in [5.41, 5.74) is 7.89. The zero-order valence-electron chi connectivity index (χ0n) is 19.2. The summed E-state index contributed by atoms with van der Waals surface area (Å²) in [6, 6.07) is 13.6. The number of hydrogen-bond donors (Lipinski definition) is 2. The van der Waals surface area contributed by atoms with Crippen molar-refractivity contribution in [3.8, 4) is 0 Å². The molecular weight excluding hydrogens is 386 g/mol. The zero-order valence-corrected chi connectivity index (χ0v) is 19.2. The molecule has 2 aromatic carbocycles. The molecule has 0 aliphatic rings. The van der Waals surface area contributed by atoms with E-state index in [9.17, 15) is 4.79 Å². The van der Waals surface area contributed by atoms with Crippen LogP contribution in [0.1, 0.15) is 50.9 Å². The third-order valence-electron chi connectivity index (χ3n) is 5.71. The van der Waals surface area contributed by atoms with E-state index < -0.39 is 0 Å². The number of aromatic nitrogens is 2. The van der Waals surface area contributed by atoms with E-state index in [2.05, 4.69) is 49.5 Å². The Morgan fingerprint density at radius 1 is 1.00 bits per heavy atom. The Bertz CT molecular complexity index is 1130. The average molecular weight is 418 g/mol. The number of rotatable bonds is 5. The summed E-state index contributed by atoms with van der Waals surface area (Å²) in [5, 5.41) is 10.9. The number of nitrogens with zero attached hydrogens (tertiary/aromatic N) is 3. The van der Waals surface area contributed by atoms with Gasteiger partial charge in [-0.15, -0.1) is 0 Å². The van der Waals surface area contributed by atoms with Gasteiger partial charge in [0.05, 0.1) is 12.2 Å². The van der Waals surface area contributed by atoms with Gasteiger partial charge in [0, 0.05) is 29.1 Å². The summed E-state index contributed by atoms with van der Waals surface area (Å²) in [6.45, 7) is 13.4. The quantitative estimate of drug-likeness (QED) is 0.461. The Morgan fingerprint density at radius 2 is 1.71 bits per heavy atom. The molecule has 0 aliphatic carbocycles. The van der Waals surface area contributed by atoms with Crippen LogP contribution in [0.2, 0.25) is 0 Å². The molecule has 0 bridgehead atoms. The van der Waals surface area contributed by atoms with Crippen LogP contribution in [0, 0.1) is 34.6 Å². The molecule has 3 rings (SSSR count). The highest BCUT2D eigenvalue weighted by Crippen LogP contribution is 2.19. The number of carbonyl (C=O) groups excluding carboxylic acids is 1. The van der Waals surface area contributed by atoms with Gasteiger partial charge in [-0.25, -0.2) is 4.99 Å². The Kier molecular flexibility index (Phi) is 6.90. The number of guanidine groups is 1. The number of anilines is 1. The molecule has 6 nitrogen and oxygen atoms in total. The minimum atomic E-state index is -0.188. The topological polar surface area (TPSA) is 71.3 Å². The molecule has 0 saturated heterocycles. The van der Waals surface area contributed by atoms with Crippen LogP contribution in [0.4, 0.5) is 5.69 Å². The van der Waals surface area contributed by atoms with Crippen molar-refractivity contribution in [2.75, 3.05) is 5.32 Å².